The van der Waals surface area contributed by atoms with E-state index in [1.54, 1.807) is 45.0 Å². The van der Waals surface area contributed by atoms with Gasteiger partial charge in [0.1, 0.15) is 41.5 Å². The van der Waals surface area contributed by atoms with Crippen LogP contribution in [0, 0.1) is 5.41 Å². The third-order valence-electron chi connectivity index (χ3n) is 12.6. The minimum atomic E-state index is -4.70. The van der Waals surface area contributed by atoms with Crippen LogP contribution in [0.2, 0.25) is 0 Å². The molecule has 18 heteroatoms. The first-order chi connectivity index (χ1) is 30.3. The second-order valence-electron chi connectivity index (χ2n) is 18.6. The van der Waals surface area contributed by atoms with Gasteiger partial charge in [0.15, 0.2) is 18.4 Å². The summed E-state index contributed by atoms with van der Waals surface area (Å²) in [6, 6.07) is 3.62. The predicted octanol–water partition coefficient (Wildman–Crippen LogP) is 5.84. The Morgan fingerprint density at radius 1 is 1.02 bits per heavy atom. The molecule has 8 atom stereocenters. The van der Waals surface area contributed by atoms with Gasteiger partial charge in [0.2, 0.25) is 11.8 Å². The van der Waals surface area contributed by atoms with Crippen molar-refractivity contribution in [3.8, 4) is 0 Å². The number of halogens is 3. The SMILES string of the molecule is CCCCCC1(CCCCC)O[C@@H]2[C@H](O1)[C@H]1ON(Cc3ccccc3C=CC(=O)OCC(F)(F)F)[C@@H]3C(=O)O[C@@H]2C[C@]13C(=O)N1CCC[C@@H]1C(=O)N[C@H](CO)CCC(=O)OC(C)(C)C. The van der Waals surface area contributed by atoms with Gasteiger partial charge in [-0.1, -0.05) is 63.8 Å². The average molecular weight is 908 g/mol. The predicted molar refractivity (Wildman–Crippen MR) is 223 cm³/mol. The number of nitrogens with one attached hydrogen (secondary N) is 1. The molecule has 0 spiro atoms. The number of esters is 3. The molecule has 4 heterocycles. The molecule has 1 saturated carbocycles. The zero-order valence-electron chi connectivity index (χ0n) is 37.5. The number of aliphatic hydroxyl groups excluding tert-OH is 1. The molecule has 2 bridgehead atoms. The van der Waals surface area contributed by atoms with E-state index in [4.69, 9.17) is 23.8 Å². The number of carbonyl (C=O) groups excluding carboxylic acids is 5. The molecule has 2 amide bonds. The molecule has 5 fully saturated rings. The quantitative estimate of drug-likeness (QED) is 0.0691. The first-order valence-electron chi connectivity index (χ1n) is 22.8. The fourth-order valence-corrected chi connectivity index (χ4v) is 9.79. The van der Waals surface area contributed by atoms with Crippen LogP contribution in [0.5, 0.6) is 0 Å². The molecule has 356 valence electrons. The summed E-state index contributed by atoms with van der Waals surface area (Å²) in [5, 5.41) is 14.4. The number of amides is 2. The second-order valence-corrected chi connectivity index (χ2v) is 18.6. The van der Waals surface area contributed by atoms with Crippen molar-refractivity contribution in [2.24, 2.45) is 5.41 Å². The maximum absolute atomic E-state index is 15.6. The van der Waals surface area contributed by atoms with Crippen molar-refractivity contribution in [3.63, 3.8) is 0 Å². The van der Waals surface area contributed by atoms with E-state index >= 15 is 4.79 Å². The first kappa shape index (κ1) is 49.3. The highest BCUT2D eigenvalue weighted by molar-refractivity contribution is 5.96. The molecule has 6 rings (SSSR count). The number of rotatable bonds is 20. The summed E-state index contributed by atoms with van der Waals surface area (Å²) < 4.78 is 68.0. The van der Waals surface area contributed by atoms with Gasteiger partial charge in [-0.3, -0.25) is 24.0 Å². The zero-order chi connectivity index (χ0) is 46.5. The lowest BCUT2D eigenvalue weighted by molar-refractivity contribution is -0.225. The summed E-state index contributed by atoms with van der Waals surface area (Å²) in [4.78, 5) is 77.1. The van der Waals surface area contributed by atoms with Crippen molar-refractivity contribution in [1.82, 2.24) is 15.3 Å². The third kappa shape index (κ3) is 11.3. The monoisotopic (exact) mass is 907 g/mol. The zero-order valence-corrected chi connectivity index (χ0v) is 37.5. The first-order valence-corrected chi connectivity index (χ1v) is 22.8. The number of hydrogen-bond acceptors (Lipinski definition) is 13. The minimum absolute atomic E-state index is 0.0144. The Balaban J connectivity index is 1.32. The Hall–Kier alpha value is -4.10. The van der Waals surface area contributed by atoms with Gasteiger partial charge in [0.05, 0.1) is 19.2 Å². The molecule has 0 radical (unpaired) electrons. The Kier molecular flexibility index (Phi) is 15.9. The molecular weight excluding hydrogens is 844 g/mol. The van der Waals surface area contributed by atoms with Crippen molar-refractivity contribution < 1.29 is 70.8 Å². The fourth-order valence-electron chi connectivity index (χ4n) is 9.79. The van der Waals surface area contributed by atoms with Crippen LogP contribution in [0.3, 0.4) is 0 Å². The summed E-state index contributed by atoms with van der Waals surface area (Å²) in [7, 11) is 0. The Bertz CT molecular complexity index is 1860. The van der Waals surface area contributed by atoms with Gasteiger partial charge >= 0.3 is 24.1 Å². The van der Waals surface area contributed by atoms with Crippen molar-refractivity contribution in [2.75, 3.05) is 19.8 Å². The minimum Gasteiger partial charge on any atom is -0.460 e. The topological polar surface area (TPSA) is 179 Å². The van der Waals surface area contributed by atoms with Crippen molar-refractivity contribution in [1.29, 1.82) is 0 Å². The summed E-state index contributed by atoms with van der Waals surface area (Å²) in [6.45, 7) is 7.31. The second kappa shape index (κ2) is 20.6. The number of ether oxygens (including phenoxy) is 5. The normalized spacial score (nSPS) is 27.9. The maximum atomic E-state index is 15.6. The molecule has 15 nitrogen and oxygen atoms in total. The van der Waals surface area contributed by atoms with E-state index in [1.807, 2.05) is 0 Å². The van der Waals surface area contributed by atoms with Gasteiger partial charge in [-0.15, -0.1) is 0 Å². The summed E-state index contributed by atoms with van der Waals surface area (Å²) in [6.07, 6.45) is 1.40. The molecule has 5 aliphatic rings. The van der Waals surface area contributed by atoms with Crippen LogP contribution in [0.4, 0.5) is 13.2 Å². The van der Waals surface area contributed by atoms with Gasteiger partial charge in [-0.05, 0) is 70.1 Å². The Morgan fingerprint density at radius 3 is 2.36 bits per heavy atom. The van der Waals surface area contributed by atoms with Crippen LogP contribution in [-0.4, -0.2) is 125 Å². The van der Waals surface area contributed by atoms with Gasteiger partial charge < -0.3 is 39.0 Å². The summed E-state index contributed by atoms with van der Waals surface area (Å²) >= 11 is 0. The molecule has 1 aliphatic carbocycles. The molecule has 0 aromatic heterocycles. The van der Waals surface area contributed by atoms with Gasteiger partial charge in [-0.2, -0.15) is 18.2 Å². The third-order valence-corrected chi connectivity index (χ3v) is 12.6. The van der Waals surface area contributed by atoms with Crippen molar-refractivity contribution in [3.05, 3.63) is 41.5 Å². The lowest BCUT2D eigenvalue weighted by Gasteiger charge is -2.50. The van der Waals surface area contributed by atoms with Crippen LogP contribution < -0.4 is 5.32 Å². The van der Waals surface area contributed by atoms with E-state index < -0.39 is 108 Å². The van der Waals surface area contributed by atoms with Crippen LogP contribution in [0.25, 0.3) is 6.08 Å². The largest absolute Gasteiger partial charge is 0.460 e. The number of nitrogens with zero attached hydrogens (tertiary/aromatic N) is 2. The molecule has 2 N–H and O–H groups in total. The van der Waals surface area contributed by atoms with Crippen LogP contribution in [-0.2, 0) is 59.0 Å². The number of alkyl halides is 3. The molecule has 4 saturated heterocycles. The van der Waals surface area contributed by atoms with E-state index in [1.165, 1.54) is 16.0 Å². The van der Waals surface area contributed by atoms with E-state index in [0.717, 1.165) is 44.6 Å². The van der Waals surface area contributed by atoms with E-state index in [-0.39, 0.29) is 32.4 Å². The van der Waals surface area contributed by atoms with Gasteiger partial charge in [0, 0.05) is 38.3 Å². The number of likely N-dealkylation sites (tertiary alicyclic amines) is 1. The van der Waals surface area contributed by atoms with Crippen LogP contribution in [0.15, 0.2) is 30.3 Å². The number of benzene rings is 1. The van der Waals surface area contributed by atoms with Crippen molar-refractivity contribution in [2.45, 2.75) is 185 Å². The molecule has 1 aromatic rings. The van der Waals surface area contributed by atoms with Gasteiger partial charge in [-0.25, -0.2) is 4.79 Å². The molecular formula is C46H64F3N3O12. The number of aliphatic hydroxyl groups is 1. The molecule has 64 heavy (non-hydrogen) atoms. The number of hydrogen-bond donors (Lipinski definition) is 2. The lowest BCUT2D eigenvalue weighted by Crippen LogP contribution is -2.70. The number of unbranched alkanes of at least 4 members (excludes halogenated alkanes) is 4. The highest BCUT2D eigenvalue weighted by atomic mass is 19.4. The highest BCUT2D eigenvalue weighted by Gasteiger charge is 2.77. The average Bonchev–Trinajstić information content (AvgIpc) is 3.96. The van der Waals surface area contributed by atoms with Crippen LogP contribution >= 0.6 is 0 Å². The Labute approximate surface area is 372 Å². The summed E-state index contributed by atoms with van der Waals surface area (Å²) in [5.74, 6) is -4.44. The molecule has 0 unspecified atom stereocenters. The molecule has 1 aromatic carbocycles. The fraction of sp³-hybridized carbons (Fsp3) is 0.717. The number of hydroxylamine groups is 2. The summed E-state index contributed by atoms with van der Waals surface area (Å²) in [5.41, 5.74) is -1.40. The maximum Gasteiger partial charge on any atom is 0.422 e. The number of carbonyl (C=O) groups is 5. The molecule has 4 aliphatic heterocycles. The Morgan fingerprint density at radius 2 is 1.70 bits per heavy atom. The van der Waals surface area contributed by atoms with Crippen LogP contribution in [0.1, 0.15) is 129 Å². The van der Waals surface area contributed by atoms with Gasteiger partial charge in [0.25, 0.3) is 0 Å². The number of fused-ring (bicyclic) bond motifs is 4. The smallest absolute Gasteiger partial charge is 0.422 e. The van der Waals surface area contributed by atoms with Crippen molar-refractivity contribution >= 4 is 35.8 Å². The van der Waals surface area contributed by atoms with E-state index in [9.17, 15) is 37.5 Å². The van der Waals surface area contributed by atoms with E-state index in [2.05, 4.69) is 23.9 Å². The lowest BCUT2D eigenvalue weighted by atomic mass is 9.62. The highest BCUT2D eigenvalue weighted by Crippen LogP contribution is 2.59. The van der Waals surface area contributed by atoms with E-state index in [0.29, 0.717) is 36.8 Å². The standard InChI is InChI=1S/C46H64F3N3O12/c1-6-8-12-22-44(23-13-9-7-2)62-36-33-25-45(42(58)51-24-14-17-32(51)40(56)50-31(27-53)19-21-35(55)61-43(3,4)5)38(41(57)60-33)52(64-39(45)37(36)63-44)26-30-16-11-10-15-29(30)18-20-34(54)59-28-46(47,48)49/h10-11,15-16,18,20,31-33,36-39,53H,6-9,12-14,17,19,21-28H2,1-5H3,(H,50,56)/t31-,32+,33+,36-,37-,38+,39+,45+/m0/s1.